The number of nitrogens with one attached hydrogen (secondary N) is 1. The van der Waals surface area contributed by atoms with Crippen molar-refractivity contribution in [1.82, 2.24) is 10.3 Å². The Hall–Kier alpha value is -1.91. The van der Waals surface area contributed by atoms with Gasteiger partial charge in [0.1, 0.15) is 6.04 Å². The molecule has 0 unspecified atom stereocenters. The summed E-state index contributed by atoms with van der Waals surface area (Å²) in [5, 5.41) is 11.4. The fourth-order valence-corrected chi connectivity index (χ4v) is 1.43. The van der Waals surface area contributed by atoms with Gasteiger partial charge in [-0.05, 0) is 17.5 Å². The van der Waals surface area contributed by atoms with E-state index in [-0.39, 0.29) is 18.2 Å². The van der Waals surface area contributed by atoms with E-state index in [1.165, 1.54) is 0 Å². The number of rotatable bonds is 5. The molecule has 0 saturated carbocycles. The molecule has 2 N–H and O–H groups in total. The van der Waals surface area contributed by atoms with Gasteiger partial charge in [-0.25, -0.2) is 4.79 Å². The highest BCUT2D eigenvalue weighted by atomic mass is 16.4. The average Bonchev–Trinajstić information content (AvgIpc) is 2.26. The molecule has 1 amide bonds. The van der Waals surface area contributed by atoms with Crippen LogP contribution in [-0.4, -0.2) is 28.0 Å². The van der Waals surface area contributed by atoms with Crippen LogP contribution in [0.4, 0.5) is 0 Å². The van der Waals surface area contributed by atoms with Crippen LogP contribution < -0.4 is 5.32 Å². The first-order chi connectivity index (χ1) is 8.00. The summed E-state index contributed by atoms with van der Waals surface area (Å²) >= 11 is 0. The second-order valence-corrected chi connectivity index (χ2v) is 4.17. The molecule has 0 aliphatic carbocycles. The topological polar surface area (TPSA) is 79.3 Å². The molecule has 5 heteroatoms. The van der Waals surface area contributed by atoms with Gasteiger partial charge in [-0.2, -0.15) is 0 Å². The number of aromatic nitrogens is 1. The lowest BCUT2D eigenvalue weighted by atomic mass is 10.0. The van der Waals surface area contributed by atoms with Crippen molar-refractivity contribution in [3.05, 3.63) is 30.1 Å². The molecular formula is C12H16N2O3. The van der Waals surface area contributed by atoms with Crippen molar-refractivity contribution in [2.24, 2.45) is 5.92 Å². The van der Waals surface area contributed by atoms with Crippen molar-refractivity contribution in [2.45, 2.75) is 26.3 Å². The predicted molar refractivity (Wildman–Crippen MR) is 62.3 cm³/mol. The van der Waals surface area contributed by atoms with Gasteiger partial charge in [0.2, 0.25) is 5.91 Å². The van der Waals surface area contributed by atoms with Crippen molar-refractivity contribution >= 4 is 11.9 Å². The Morgan fingerprint density at radius 1 is 1.47 bits per heavy atom. The van der Waals surface area contributed by atoms with E-state index in [1.807, 2.05) is 0 Å². The van der Waals surface area contributed by atoms with Gasteiger partial charge < -0.3 is 10.4 Å². The zero-order chi connectivity index (χ0) is 12.8. The van der Waals surface area contributed by atoms with Crippen LogP contribution in [0.25, 0.3) is 0 Å². The SMILES string of the molecule is CC(C)[C@H](NC(=O)Cc1cccnc1)C(=O)O. The van der Waals surface area contributed by atoms with Crippen LogP contribution in [-0.2, 0) is 16.0 Å². The van der Waals surface area contributed by atoms with Crippen LogP contribution in [0.3, 0.4) is 0 Å². The van der Waals surface area contributed by atoms with Crippen molar-refractivity contribution in [3.63, 3.8) is 0 Å². The van der Waals surface area contributed by atoms with Crippen molar-refractivity contribution in [3.8, 4) is 0 Å². The van der Waals surface area contributed by atoms with E-state index in [4.69, 9.17) is 5.11 Å². The number of hydrogen-bond acceptors (Lipinski definition) is 3. The molecule has 0 aliphatic rings. The number of carbonyl (C=O) groups excluding carboxylic acids is 1. The third kappa shape index (κ3) is 4.22. The molecule has 1 rings (SSSR count). The molecule has 1 heterocycles. The zero-order valence-corrected chi connectivity index (χ0v) is 9.88. The summed E-state index contributed by atoms with van der Waals surface area (Å²) in [5.74, 6) is -1.47. The normalized spacial score (nSPS) is 12.2. The second-order valence-electron chi connectivity index (χ2n) is 4.17. The fraction of sp³-hybridized carbons (Fsp3) is 0.417. The summed E-state index contributed by atoms with van der Waals surface area (Å²) in [6.45, 7) is 3.51. The van der Waals surface area contributed by atoms with Crippen LogP contribution in [0.1, 0.15) is 19.4 Å². The van der Waals surface area contributed by atoms with Gasteiger partial charge in [0.15, 0.2) is 0 Å². The highest BCUT2D eigenvalue weighted by Gasteiger charge is 2.23. The molecule has 5 nitrogen and oxygen atoms in total. The van der Waals surface area contributed by atoms with Crippen molar-refractivity contribution < 1.29 is 14.7 Å². The minimum Gasteiger partial charge on any atom is -0.480 e. The number of hydrogen-bond donors (Lipinski definition) is 2. The number of nitrogens with zero attached hydrogens (tertiary/aromatic N) is 1. The van der Waals surface area contributed by atoms with Crippen molar-refractivity contribution in [2.75, 3.05) is 0 Å². The number of carbonyl (C=O) groups is 2. The fourth-order valence-electron chi connectivity index (χ4n) is 1.43. The molecule has 0 fully saturated rings. The lowest BCUT2D eigenvalue weighted by Crippen LogP contribution is -2.44. The summed E-state index contributed by atoms with van der Waals surface area (Å²) in [6.07, 6.45) is 3.35. The maximum Gasteiger partial charge on any atom is 0.326 e. The van der Waals surface area contributed by atoms with E-state index < -0.39 is 12.0 Å². The number of carboxylic acid groups (broad SMARTS) is 1. The Kier molecular flexibility index (Phi) is 4.63. The minimum atomic E-state index is -1.01. The van der Waals surface area contributed by atoms with Gasteiger partial charge in [0.25, 0.3) is 0 Å². The highest BCUT2D eigenvalue weighted by Crippen LogP contribution is 2.03. The average molecular weight is 236 g/mol. The standard InChI is InChI=1S/C12H16N2O3/c1-8(2)11(12(16)17)14-10(15)6-9-4-3-5-13-7-9/h3-5,7-8,11H,6H2,1-2H3,(H,14,15)(H,16,17)/t11-/m0/s1. The molecule has 0 spiro atoms. The highest BCUT2D eigenvalue weighted by molar-refractivity contribution is 5.84. The monoisotopic (exact) mass is 236 g/mol. The molecule has 17 heavy (non-hydrogen) atoms. The van der Waals surface area contributed by atoms with E-state index in [0.717, 1.165) is 5.56 Å². The van der Waals surface area contributed by atoms with Crippen LogP contribution in [0.15, 0.2) is 24.5 Å². The van der Waals surface area contributed by atoms with Gasteiger partial charge in [-0.1, -0.05) is 19.9 Å². The Labute approximate surface area is 99.9 Å². The Morgan fingerprint density at radius 3 is 2.65 bits per heavy atom. The van der Waals surface area contributed by atoms with E-state index >= 15 is 0 Å². The Balaban J connectivity index is 2.57. The van der Waals surface area contributed by atoms with Crippen molar-refractivity contribution in [1.29, 1.82) is 0 Å². The van der Waals surface area contributed by atoms with Gasteiger partial charge >= 0.3 is 5.97 Å². The van der Waals surface area contributed by atoms with Gasteiger partial charge in [-0.3, -0.25) is 9.78 Å². The molecule has 1 atom stereocenters. The van der Waals surface area contributed by atoms with Crippen LogP contribution in [0, 0.1) is 5.92 Å². The molecule has 92 valence electrons. The summed E-state index contributed by atoms with van der Waals surface area (Å²) in [4.78, 5) is 26.4. The van der Waals surface area contributed by atoms with Crippen LogP contribution in [0.5, 0.6) is 0 Å². The van der Waals surface area contributed by atoms with E-state index in [9.17, 15) is 9.59 Å². The molecule has 0 aromatic carbocycles. The maximum absolute atomic E-state index is 11.6. The lowest BCUT2D eigenvalue weighted by molar-refractivity contribution is -0.143. The number of amides is 1. The first kappa shape index (κ1) is 13.2. The molecule has 0 aliphatic heterocycles. The summed E-state index contributed by atoms with van der Waals surface area (Å²) in [6, 6.07) is 2.66. The second kappa shape index (κ2) is 5.98. The zero-order valence-electron chi connectivity index (χ0n) is 9.88. The quantitative estimate of drug-likeness (QED) is 0.794. The maximum atomic E-state index is 11.6. The van der Waals surface area contributed by atoms with E-state index in [0.29, 0.717) is 0 Å². The lowest BCUT2D eigenvalue weighted by Gasteiger charge is -2.17. The van der Waals surface area contributed by atoms with E-state index in [1.54, 1.807) is 38.4 Å². The largest absolute Gasteiger partial charge is 0.480 e. The first-order valence-electron chi connectivity index (χ1n) is 5.41. The van der Waals surface area contributed by atoms with E-state index in [2.05, 4.69) is 10.3 Å². The van der Waals surface area contributed by atoms with Gasteiger partial charge in [-0.15, -0.1) is 0 Å². The molecule has 0 saturated heterocycles. The molecule has 0 radical (unpaired) electrons. The minimum absolute atomic E-state index is 0.143. The molecule has 1 aromatic heterocycles. The first-order valence-corrected chi connectivity index (χ1v) is 5.41. The summed E-state index contributed by atoms with van der Waals surface area (Å²) in [7, 11) is 0. The molecule has 1 aromatic rings. The molecular weight excluding hydrogens is 220 g/mol. The van der Waals surface area contributed by atoms with Crippen LogP contribution >= 0.6 is 0 Å². The van der Waals surface area contributed by atoms with Gasteiger partial charge in [0, 0.05) is 12.4 Å². The number of carboxylic acids is 1. The third-order valence-corrected chi connectivity index (χ3v) is 2.34. The molecule has 0 bridgehead atoms. The number of pyridine rings is 1. The number of aliphatic carboxylic acids is 1. The summed E-state index contributed by atoms with van der Waals surface area (Å²) < 4.78 is 0. The Bertz CT molecular complexity index is 390. The smallest absolute Gasteiger partial charge is 0.326 e. The van der Waals surface area contributed by atoms with Crippen LogP contribution in [0.2, 0.25) is 0 Å². The van der Waals surface area contributed by atoms with Gasteiger partial charge in [0.05, 0.1) is 6.42 Å². The predicted octanol–water partition coefficient (Wildman–Crippen LogP) is 0.849. The summed E-state index contributed by atoms with van der Waals surface area (Å²) in [5.41, 5.74) is 0.762. The Morgan fingerprint density at radius 2 is 2.18 bits per heavy atom. The third-order valence-electron chi connectivity index (χ3n) is 2.34.